The molecule has 1 nitrogen and oxygen atoms in total. The Morgan fingerprint density at radius 2 is 2.00 bits per heavy atom. The Hall–Kier alpha value is -0.180. The minimum absolute atomic E-state index is 0.0211. The molecule has 3 heteroatoms. The number of nitrogens with two attached hydrogens (primary N) is 1. The van der Waals surface area contributed by atoms with Crippen molar-refractivity contribution >= 4 is 0 Å². The molecule has 0 heterocycles. The molecule has 0 aromatic heterocycles. The Morgan fingerprint density at radius 1 is 1.30 bits per heavy atom. The van der Waals surface area contributed by atoms with Crippen LogP contribution in [0.5, 0.6) is 0 Å². The maximum Gasteiger partial charge on any atom is 0.241 e. The lowest BCUT2D eigenvalue weighted by atomic mass is 9.86. The van der Waals surface area contributed by atoms with Gasteiger partial charge in [-0.1, -0.05) is 6.42 Å². The quantitative estimate of drug-likeness (QED) is 0.604. The van der Waals surface area contributed by atoms with Crippen LogP contribution in [0.2, 0.25) is 0 Å². The lowest BCUT2D eigenvalue weighted by Crippen LogP contribution is -2.30. The zero-order valence-electron chi connectivity index (χ0n) is 5.89. The van der Waals surface area contributed by atoms with E-state index >= 15 is 0 Å². The van der Waals surface area contributed by atoms with Gasteiger partial charge in [0, 0.05) is 12.0 Å². The second-order valence-electron chi connectivity index (χ2n) is 3.02. The smallest absolute Gasteiger partial charge is 0.241 e. The molecule has 0 aliphatic heterocycles. The van der Waals surface area contributed by atoms with Crippen molar-refractivity contribution in [3.05, 3.63) is 0 Å². The summed E-state index contributed by atoms with van der Waals surface area (Å²) in [6, 6.07) is 0.0211. The maximum atomic E-state index is 12.0. The van der Waals surface area contributed by atoms with Crippen LogP contribution in [0.25, 0.3) is 0 Å². The van der Waals surface area contributed by atoms with Crippen LogP contribution in [0.4, 0.5) is 8.78 Å². The van der Waals surface area contributed by atoms with Crippen LogP contribution in [0, 0.1) is 5.92 Å². The van der Waals surface area contributed by atoms with Gasteiger partial charge in [-0.25, -0.2) is 8.78 Å². The molecule has 2 atom stereocenters. The lowest BCUT2D eigenvalue weighted by Gasteiger charge is -2.25. The molecule has 0 amide bonds. The number of rotatable bonds is 1. The summed E-state index contributed by atoms with van der Waals surface area (Å²) in [5.74, 6) is -0.427. The first-order chi connectivity index (χ1) is 4.70. The van der Waals surface area contributed by atoms with Gasteiger partial charge in [0.1, 0.15) is 0 Å². The van der Waals surface area contributed by atoms with Gasteiger partial charge in [-0.2, -0.15) is 0 Å². The minimum Gasteiger partial charge on any atom is -0.328 e. The van der Waals surface area contributed by atoms with Crippen molar-refractivity contribution < 1.29 is 8.78 Å². The van der Waals surface area contributed by atoms with E-state index in [1.54, 1.807) is 0 Å². The second kappa shape index (κ2) is 3.28. The van der Waals surface area contributed by atoms with Gasteiger partial charge in [-0.3, -0.25) is 0 Å². The zero-order valence-corrected chi connectivity index (χ0v) is 5.89. The van der Waals surface area contributed by atoms with E-state index in [4.69, 9.17) is 5.73 Å². The molecule has 1 aliphatic carbocycles. The van der Waals surface area contributed by atoms with E-state index in [1.807, 2.05) is 0 Å². The molecule has 1 rings (SSSR count). The summed E-state index contributed by atoms with van der Waals surface area (Å²) < 4.78 is 24.1. The minimum atomic E-state index is -2.16. The Bertz CT molecular complexity index is 106. The first-order valence-corrected chi connectivity index (χ1v) is 3.74. The normalized spacial score (nSPS) is 34.8. The monoisotopic (exact) mass is 149 g/mol. The third-order valence-corrected chi connectivity index (χ3v) is 2.11. The van der Waals surface area contributed by atoms with E-state index in [1.165, 1.54) is 0 Å². The van der Waals surface area contributed by atoms with Gasteiger partial charge < -0.3 is 5.73 Å². The van der Waals surface area contributed by atoms with E-state index in [0.29, 0.717) is 12.8 Å². The average molecular weight is 149 g/mol. The van der Waals surface area contributed by atoms with Crippen molar-refractivity contribution in [3.63, 3.8) is 0 Å². The van der Waals surface area contributed by atoms with Crippen molar-refractivity contribution in [2.24, 2.45) is 11.7 Å². The van der Waals surface area contributed by atoms with Gasteiger partial charge in [-0.15, -0.1) is 0 Å². The van der Waals surface area contributed by atoms with E-state index in [-0.39, 0.29) is 6.04 Å². The van der Waals surface area contributed by atoms with Crippen molar-refractivity contribution in [1.29, 1.82) is 0 Å². The highest BCUT2D eigenvalue weighted by Gasteiger charge is 2.26. The number of hydrogen-bond acceptors (Lipinski definition) is 1. The van der Waals surface area contributed by atoms with Crippen LogP contribution in [-0.4, -0.2) is 12.5 Å². The molecule has 2 N–H and O–H groups in total. The van der Waals surface area contributed by atoms with E-state index in [0.717, 1.165) is 12.8 Å². The van der Waals surface area contributed by atoms with Crippen LogP contribution in [0.3, 0.4) is 0 Å². The molecule has 0 bridgehead atoms. The van der Waals surface area contributed by atoms with Crippen LogP contribution in [0.15, 0.2) is 0 Å². The van der Waals surface area contributed by atoms with E-state index < -0.39 is 12.3 Å². The Kier molecular flexibility index (Phi) is 2.60. The van der Waals surface area contributed by atoms with E-state index in [9.17, 15) is 8.78 Å². The van der Waals surface area contributed by atoms with Crippen molar-refractivity contribution in [1.82, 2.24) is 0 Å². The maximum absolute atomic E-state index is 12.0. The largest absolute Gasteiger partial charge is 0.328 e. The topological polar surface area (TPSA) is 26.0 Å². The molecule has 0 aromatic carbocycles. The summed E-state index contributed by atoms with van der Waals surface area (Å²) in [6.45, 7) is 0. The summed E-state index contributed by atoms with van der Waals surface area (Å²) in [7, 11) is 0. The highest BCUT2D eigenvalue weighted by molar-refractivity contribution is 4.76. The summed E-state index contributed by atoms with van der Waals surface area (Å²) in [5.41, 5.74) is 5.53. The highest BCUT2D eigenvalue weighted by Crippen LogP contribution is 2.27. The molecule has 1 fully saturated rings. The van der Waals surface area contributed by atoms with Gasteiger partial charge >= 0.3 is 0 Å². The lowest BCUT2D eigenvalue weighted by molar-refractivity contribution is 0.0517. The summed E-state index contributed by atoms with van der Waals surface area (Å²) >= 11 is 0. The SMILES string of the molecule is N[C@@H]1CCC[C@H](C(F)F)C1. The fourth-order valence-corrected chi connectivity index (χ4v) is 1.50. The average Bonchev–Trinajstić information content (AvgIpc) is 1.88. The van der Waals surface area contributed by atoms with Gasteiger partial charge in [0.25, 0.3) is 0 Å². The second-order valence-corrected chi connectivity index (χ2v) is 3.02. The first-order valence-electron chi connectivity index (χ1n) is 3.74. The molecule has 0 spiro atoms. The molecule has 0 radical (unpaired) electrons. The molecule has 0 aromatic rings. The van der Waals surface area contributed by atoms with Gasteiger partial charge in [-0.05, 0) is 19.3 Å². The summed E-state index contributed by atoms with van der Waals surface area (Å²) in [6.07, 6.45) is 0.800. The first kappa shape index (κ1) is 7.92. The Labute approximate surface area is 59.6 Å². The van der Waals surface area contributed by atoms with Crippen molar-refractivity contribution in [2.75, 3.05) is 0 Å². The van der Waals surface area contributed by atoms with Gasteiger partial charge in [0.15, 0.2) is 0 Å². The molecular weight excluding hydrogens is 136 g/mol. The van der Waals surface area contributed by atoms with E-state index in [2.05, 4.69) is 0 Å². The molecule has 10 heavy (non-hydrogen) atoms. The molecular formula is C7H13F2N. The number of halogens is 2. The molecule has 0 saturated heterocycles. The standard InChI is InChI=1S/C7H13F2N/c8-7(9)5-2-1-3-6(10)4-5/h5-7H,1-4,10H2/t5-,6+/m0/s1. The Morgan fingerprint density at radius 3 is 2.40 bits per heavy atom. The molecule has 0 unspecified atom stereocenters. The van der Waals surface area contributed by atoms with Crippen molar-refractivity contribution in [3.8, 4) is 0 Å². The fraction of sp³-hybridized carbons (Fsp3) is 1.00. The summed E-state index contributed by atoms with van der Waals surface area (Å²) in [4.78, 5) is 0. The Balaban J connectivity index is 2.32. The van der Waals surface area contributed by atoms with Crippen molar-refractivity contribution in [2.45, 2.75) is 38.2 Å². The predicted molar refractivity (Wildman–Crippen MR) is 35.9 cm³/mol. The molecule has 60 valence electrons. The number of alkyl halides is 2. The highest BCUT2D eigenvalue weighted by atomic mass is 19.3. The molecule has 1 aliphatic rings. The van der Waals surface area contributed by atoms with Crippen LogP contribution in [0.1, 0.15) is 25.7 Å². The molecule has 1 saturated carbocycles. The fourth-order valence-electron chi connectivity index (χ4n) is 1.50. The van der Waals surface area contributed by atoms with Gasteiger partial charge in [0.05, 0.1) is 0 Å². The van der Waals surface area contributed by atoms with Crippen LogP contribution < -0.4 is 5.73 Å². The van der Waals surface area contributed by atoms with Crippen LogP contribution >= 0.6 is 0 Å². The third kappa shape index (κ3) is 1.90. The van der Waals surface area contributed by atoms with Gasteiger partial charge in [0.2, 0.25) is 6.43 Å². The zero-order chi connectivity index (χ0) is 7.56. The van der Waals surface area contributed by atoms with Crippen LogP contribution in [-0.2, 0) is 0 Å². The third-order valence-electron chi connectivity index (χ3n) is 2.11. The summed E-state index contributed by atoms with van der Waals surface area (Å²) in [5, 5.41) is 0. The predicted octanol–water partition coefficient (Wildman–Crippen LogP) is 1.77. The number of hydrogen-bond donors (Lipinski definition) is 1.